The van der Waals surface area contributed by atoms with Gasteiger partial charge in [-0.3, -0.25) is 9.88 Å². The molecule has 3 heterocycles. The lowest BCUT2D eigenvalue weighted by molar-refractivity contribution is -0.0369. The Kier molecular flexibility index (Phi) is 4.82. The predicted molar refractivity (Wildman–Crippen MR) is 84.2 cm³/mol. The minimum atomic E-state index is 0.0199. The number of hydrogen-bond acceptors (Lipinski definition) is 5. The second-order valence-electron chi connectivity index (χ2n) is 5.98. The van der Waals surface area contributed by atoms with Gasteiger partial charge in [0.15, 0.2) is 0 Å². The summed E-state index contributed by atoms with van der Waals surface area (Å²) < 4.78 is 5.89. The van der Waals surface area contributed by atoms with Crippen LogP contribution in [0.4, 0.5) is 0 Å². The number of imidazole rings is 1. The molecule has 1 atom stereocenters. The normalized spacial score (nSPS) is 19.7. The molecule has 1 N–H and O–H groups in total. The molecule has 6 heteroatoms. The van der Waals surface area contributed by atoms with Crippen molar-refractivity contribution in [3.63, 3.8) is 0 Å². The lowest BCUT2D eigenvalue weighted by Crippen LogP contribution is -2.38. The lowest BCUT2D eigenvalue weighted by Gasteiger charge is -2.32. The fourth-order valence-electron chi connectivity index (χ4n) is 2.72. The highest BCUT2D eigenvalue weighted by Crippen LogP contribution is 2.21. The molecule has 3 rings (SSSR count). The van der Waals surface area contributed by atoms with Crippen LogP contribution < -0.4 is 0 Å². The fourth-order valence-corrected chi connectivity index (χ4v) is 2.72. The van der Waals surface area contributed by atoms with Crippen LogP contribution in [0.2, 0.25) is 0 Å². The molecule has 22 heavy (non-hydrogen) atoms. The van der Waals surface area contributed by atoms with E-state index in [0.717, 1.165) is 44.3 Å². The van der Waals surface area contributed by atoms with Crippen molar-refractivity contribution in [3.05, 3.63) is 47.8 Å². The van der Waals surface area contributed by atoms with E-state index in [-0.39, 0.29) is 6.10 Å². The Balaban J connectivity index is 1.61. The van der Waals surface area contributed by atoms with Gasteiger partial charge in [0.25, 0.3) is 0 Å². The molecule has 2 aromatic heterocycles. The van der Waals surface area contributed by atoms with Gasteiger partial charge in [0.1, 0.15) is 11.9 Å². The molecule has 6 nitrogen and oxygen atoms in total. The summed E-state index contributed by atoms with van der Waals surface area (Å²) in [6, 6.07) is 4.12. The molecule has 0 saturated carbocycles. The molecule has 0 bridgehead atoms. The van der Waals surface area contributed by atoms with E-state index in [2.05, 4.69) is 36.9 Å². The van der Waals surface area contributed by atoms with Gasteiger partial charge in [0.05, 0.1) is 6.61 Å². The van der Waals surface area contributed by atoms with Crippen LogP contribution in [-0.2, 0) is 17.8 Å². The first-order chi connectivity index (χ1) is 10.7. The summed E-state index contributed by atoms with van der Waals surface area (Å²) in [5, 5.41) is 0. The third kappa shape index (κ3) is 3.91. The monoisotopic (exact) mass is 301 g/mol. The third-order valence-corrected chi connectivity index (χ3v) is 3.75. The van der Waals surface area contributed by atoms with Gasteiger partial charge in [-0.2, -0.15) is 0 Å². The quantitative estimate of drug-likeness (QED) is 0.905. The summed E-state index contributed by atoms with van der Waals surface area (Å²) >= 11 is 0. The molecule has 0 aromatic carbocycles. The number of nitrogens with one attached hydrogen (secondary N) is 1. The molecular weight excluding hydrogens is 278 g/mol. The van der Waals surface area contributed by atoms with E-state index in [9.17, 15) is 0 Å². The first-order valence-electron chi connectivity index (χ1n) is 7.62. The summed E-state index contributed by atoms with van der Waals surface area (Å²) in [5.41, 5.74) is 2.40. The van der Waals surface area contributed by atoms with E-state index in [1.165, 1.54) is 5.56 Å². The summed E-state index contributed by atoms with van der Waals surface area (Å²) in [5.74, 6) is 0.927. The Morgan fingerprint density at radius 1 is 1.36 bits per heavy atom. The molecule has 1 aliphatic rings. The Morgan fingerprint density at radius 3 is 2.95 bits per heavy atom. The maximum atomic E-state index is 5.89. The molecule has 0 aliphatic carbocycles. The zero-order valence-corrected chi connectivity index (χ0v) is 13.2. The zero-order valence-electron chi connectivity index (χ0n) is 13.2. The van der Waals surface area contributed by atoms with Crippen LogP contribution in [0.3, 0.4) is 0 Å². The Labute approximate surface area is 131 Å². The summed E-state index contributed by atoms with van der Waals surface area (Å²) in [7, 11) is 4.10. The minimum Gasteiger partial charge on any atom is -0.368 e. The SMILES string of the molecule is CN(C)Cc1cnc(C2CN(Cc3ccncc3)CCO2)[nH]1. The van der Waals surface area contributed by atoms with Crippen molar-refractivity contribution < 1.29 is 4.74 Å². The highest BCUT2D eigenvalue weighted by atomic mass is 16.5. The number of ether oxygens (including phenoxy) is 1. The van der Waals surface area contributed by atoms with Crippen LogP contribution in [0.15, 0.2) is 30.7 Å². The number of H-pyrrole nitrogens is 1. The molecule has 1 saturated heterocycles. The lowest BCUT2D eigenvalue weighted by atomic mass is 10.2. The van der Waals surface area contributed by atoms with Gasteiger partial charge in [0, 0.05) is 50.5 Å². The molecule has 118 valence electrons. The van der Waals surface area contributed by atoms with E-state index >= 15 is 0 Å². The van der Waals surface area contributed by atoms with Crippen molar-refractivity contribution >= 4 is 0 Å². The number of nitrogens with zero attached hydrogens (tertiary/aromatic N) is 4. The van der Waals surface area contributed by atoms with E-state index in [1.54, 1.807) is 0 Å². The van der Waals surface area contributed by atoms with Crippen LogP contribution in [0.25, 0.3) is 0 Å². The highest BCUT2D eigenvalue weighted by molar-refractivity contribution is 5.10. The summed E-state index contributed by atoms with van der Waals surface area (Å²) in [6.07, 6.45) is 5.60. The van der Waals surface area contributed by atoms with Gasteiger partial charge < -0.3 is 14.6 Å². The first-order valence-corrected chi connectivity index (χ1v) is 7.62. The number of hydrogen-bond donors (Lipinski definition) is 1. The Morgan fingerprint density at radius 2 is 2.18 bits per heavy atom. The topological polar surface area (TPSA) is 57.3 Å². The van der Waals surface area contributed by atoms with Crippen molar-refractivity contribution in [3.8, 4) is 0 Å². The highest BCUT2D eigenvalue weighted by Gasteiger charge is 2.24. The van der Waals surface area contributed by atoms with E-state index in [0.29, 0.717) is 0 Å². The largest absolute Gasteiger partial charge is 0.368 e. The maximum absolute atomic E-state index is 5.89. The molecule has 2 aromatic rings. The number of aromatic nitrogens is 3. The van der Waals surface area contributed by atoms with Gasteiger partial charge in [0.2, 0.25) is 0 Å². The molecular formula is C16H23N5O. The van der Waals surface area contributed by atoms with Gasteiger partial charge in [-0.25, -0.2) is 4.98 Å². The second kappa shape index (κ2) is 7.00. The molecule has 1 aliphatic heterocycles. The van der Waals surface area contributed by atoms with Crippen LogP contribution in [0.5, 0.6) is 0 Å². The summed E-state index contributed by atoms with van der Waals surface area (Å²) in [4.78, 5) is 16.5. The average molecular weight is 301 g/mol. The molecule has 0 radical (unpaired) electrons. The predicted octanol–water partition coefficient (Wildman–Crippen LogP) is 1.44. The number of pyridine rings is 1. The molecule has 0 spiro atoms. The van der Waals surface area contributed by atoms with Crippen LogP contribution >= 0.6 is 0 Å². The second-order valence-corrected chi connectivity index (χ2v) is 5.98. The fraction of sp³-hybridized carbons (Fsp3) is 0.500. The van der Waals surface area contributed by atoms with Gasteiger partial charge >= 0.3 is 0 Å². The van der Waals surface area contributed by atoms with Gasteiger partial charge in [-0.15, -0.1) is 0 Å². The number of morpholine rings is 1. The summed E-state index contributed by atoms with van der Waals surface area (Å²) in [6.45, 7) is 4.33. The van der Waals surface area contributed by atoms with Crippen LogP contribution in [-0.4, -0.2) is 58.5 Å². The van der Waals surface area contributed by atoms with E-state index in [1.807, 2.05) is 32.7 Å². The van der Waals surface area contributed by atoms with Crippen LogP contribution in [0.1, 0.15) is 23.2 Å². The zero-order chi connectivity index (χ0) is 15.4. The Hall–Kier alpha value is -1.76. The van der Waals surface area contributed by atoms with Crippen LogP contribution in [0, 0.1) is 0 Å². The van der Waals surface area contributed by atoms with Crippen molar-refractivity contribution in [1.29, 1.82) is 0 Å². The van der Waals surface area contributed by atoms with Crippen molar-refractivity contribution in [2.75, 3.05) is 33.8 Å². The van der Waals surface area contributed by atoms with E-state index in [4.69, 9.17) is 4.74 Å². The molecule has 0 amide bonds. The van der Waals surface area contributed by atoms with Crippen molar-refractivity contribution in [1.82, 2.24) is 24.8 Å². The number of rotatable bonds is 5. The van der Waals surface area contributed by atoms with E-state index < -0.39 is 0 Å². The number of aromatic amines is 1. The van der Waals surface area contributed by atoms with Crippen molar-refractivity contribution in [2.45, 2.75) is 19.2 Å². The molecule has 1 fully saturated rings. The maximum Gasteiger partial charge on any atom is 0.136 e. The third-order valence-electron chi connectivity index (χ3n) is 3.75. The van der Waals surface area contributed by atoms with Gasteiger partial charge in [-0.1, -0.05) is 0 Å². The average Bonchev–Trinajstić information content (AvgIpc) is 2.96. The first kappa shape index (κ1) is 15.1. The molecule has 1 unspecified atom stereocenters. The standard InChI is InChI=1S/C16H23N5O/c1-20(2)11-14-9-18-16(19-14)15-12-21(7-8-22-15)10-13-3-5-17-6-4-13/h3-6,9,15H,7-8,10-12H2,1-2H3,(H,18,19). The van der Waals surface area contributed by atoms with Gasteiger partial charge in [-0.05, 0) is 31.8 Å². The van der Waals surface area contributed by atoms with Crippen molar-refractivity contribution in [2.24, 2.45) is 0 Å². The smallest absolute Gasteiger partial charge is 0.136 e. The minimum absolute atomic E-state index is 0.0199. The Bertz CT molecular complexity index is 583.